The van der Waals surface area contributed by atoms with Crippen LogP contribution in [0.4, 0.5) is 11.5 Å². The number of aryl methyl sites for hydroxylation is 5. The van der Waals surface area contributed by atoms with Gasteiger partial charge in [0.25, 0.3) is 0 Å². The molecule has 0 bridgehead atoms. The molecule has 0 saturated heterocycles. The molecular weight excluding hydrogens is 449 g/mol. The van der Waals surface area contributed by atoms with E-state index in [1.54, 1.807) is 0 Å². The van der Waals surface area contributed by atoms with Crippen LogP contribution in [0.5, 0.6) is 0 Å². The smallest absolute Gasteiger partial charge is 0.105 e. The van der Waals surface area contributed by atoms with Gasteiger partial charge in [0.05, 0.1) is 5.69 Å². The molecule has 0 amide bonds. The number of anilines is 2. The van der Waals surface area contributed by atoms with E-state index >= 15 is 0 Å². The van der Waals surface area contributed by atoms with Gasteiger partial charge in [-0.1, -0.05) is 42.0 Å². The van der Waals surface area contributed by atoms with Gasteiger partial charge in [-0.15, -0.1) is 6.67 Å². The number of benzene rings is 2. The van der Waals surface area contributed by atoms with Gasteiger partial charge in [-0.2, -0.15) is 0 Å². The fourth-order valence-electron chi connectivity index (χ4n) is 4.13. The summed E-state index contributed by atoms with van der Waals surface area (Å²) in [6.45, 7) is 12.9. The fraction of sp³-hybridized carbons (Fsp3) is 0.200. The van der Waals surface area contributed by atoms with Crippen LogP contribution in [-0.2, 0) is 20.4 Å². The van der Waals surface area contributed by atoms with Gasteiger partial charge < -0.3 is 9.80 Å². The van der Waals surface area contributed by atoms with Gasteiger partial charge in [-0.3, -0.25) is 0 Å². The van der Waals surface area contributed by atoms with Gasteiger partial charge in [0.2, 0.25) is 0 Å². The van der Waals surface area contributed by atoms with Crippen molar-refractivity contribution in [3.8, 4) is 11.3 Å². The topological polar surface area (TPSA) is 19.4 Å². The second-order valence-electron chi connectivity index (χ2n) is 7.62. The zero-order chi connectivity index (χ0) is 19.8. The summed E-state index contributed by atoms with van der Waals surface area (Å²) in [6.07, 6.45) is 4.16. The van der Waals surface area contributed by atoms with E-state index in [1.165, 1.54) is 39.1 Å². The van der Waals surface area contributed by atoms with Crippen LogP contribution in [0.25, 0.3) is 11.3 Å². The Hall–Kier alpha value is -2.41. The first kappa shape index (κ1) is 21.3. The molecule has 0 spiro atoms. The van der Waals surface area contributed by atoms with Gasteiger partial charge in [-0.05, 0) is 81.4 Å². The molecule has 0 saturated carbocycles. The normalized spacial score (nSPS) is 13.0. The van der Waals surface area contributed by atoms with Crippen LogP contribution < -0.4 is 9.80 Å². The minimum atomic E-state index is 0. The van der Waals surface area contributed by atoms with Crippen LogP contribution in [0.1, 0.15) is 27.8 Å². The summed E-state index contributed by atoms with van der Waals surface area (Å²) in [6, 6.07) is 17.1. The van der Waals surface area contributed by atoms with Crippen molar-refractivity contribution >= 4 is 11.5 Å². The molecule has 4 rings (SSSR count). The van der Waals surface area contributed by atoms with Gasteiger partial charge in [0.15, 0.2) is 0 Å². The van der Waals surface area contributed by atoms with Crippen molar-refractivity contribution in [3.05, 3.63) is 95.4 Å². The Bertz CT molecular complexity index is 1030. The van der Waals surface area contributed by atoms with Crippen LogP contribution in [0.2, 0.25) is 0 Å². The summed E-state index contributed by atoms with van der Waals surface area (Å²) in [5.74, 6) is 0.918. The minimum absolute atomic E-state index is 0. The van der Waals surface area contributed by atoms with Gasteiger partial charge in [-0.25, -0.2) is 4.98 Å². The molecular formula is C25H26N3Pd-. The van der Waals surface area contributed by atoms with Crippen LogP contribution in [0, 0.1) is 41.3 Å². The summed E-state index contributed by atoms with van der Waals surface area (Å²) >= 11 is 0. The van der Waals surface area contributed by atoms with E-state index in [9.17, 15) is 0 Å². The quantitative estimate of drug-likeness (QED) is 0.332. The van der Waals surface area contributed by atoms with Crippen molar-refractivity contribution in [2.24, 2.45) is 0 Å². The number of nitrogens with zero attached hydrogens (tertiary/aromatic N) is 3. The van der Waals surface area contributed by atoms with Crippen molar-refractivity contribution in [1.29, 1.82) is 0 Å². The Morgan fingerprint density at radius 2 is 1.31 bits per heavy atom. The van der Waals surface area contributed by atoms with E-state index < -0.39 is 0 Å². The Labute approximate surface area is 187 Å². The molecule has 29 heavy (non-hydrogen) atoms. The molecule has 0 unspecified atom stereocenters. The summed E-state index contributed by atoms with van der Waals surface area (Å²) in [7, 11) is 0. The number of hydrogen-bond donors (Lipinski definition) is 0. The Morgan fingerprint density at radius 1 is 0.724 bits per heavy atom. The van der Waals surface area contributed by atoms with E-state index in [0.29, 0.717) is 0 Å². The minimum Gasteiger partial charge on any atom is -0.479 e. The fourth-order valence-corrected chi connectivity index (χ4v) is 4.13. The van der Waals surface area contributed by atoms with Gasteiger partial charge >= 0.3 is 0 Å². The number of rotatable bonds is 3. The maximum absolute atomic E-state index is 4.95. The molecule has 0 atom stereocenters. The predicted molar refractivity (Wildman–Crippen MR) is 118 cm³/mol. The Morgan fingerprint density at radius 3 is 1.97 bits per heavy atom. The van der Waals surface area contributed by atoms with Gasteiger partial charge in [0.1, 0.15) is 5.82 Å². The van der Waals surface area contributed by atoms with Crippen molar-refractivity contribution in [1.82, 2.24) is 4.98 Å². The first-order valence-corrected chi connectivity index (χ1v) is 9.65. The van der Waals surface area contributed by atoms with Crippen LogP contribution in [0.3, 0.4) is 0 Å². The number of hydrogen-bond acceptors (Lipinski definition) is 3. The SMILES string of the molecule is Cc1cc(C)c(N2C=CN(c3cccc(-c4c(C)cccc4C)n3)[CH-]2)c(C)c1.[Pd]. The van der Waals surface area contributed by atoms with Crippen LogP contribution in [-0.4, -0.2) is 4.98 Å². The van der Waals surface area contributed by atoms with Crippen molar-refractivity contribution in [2.75, 3.05) is 9.80 Å². The summed E-state index contributed by atoms with van der Waals surface area (Å²) in [5.41, 5.74) is 9.80. The Balaban J connectivity index is 0.00000240. The van der Waals surface area contributed by atoms with Gasteiger partial charge in [0, 0.05) is 31.7 Å². The third-order valence-corrected chi connectivity index (χ3v) is 5.27. The second kappa shape index (κ2) is 8.53. The largest absolute Gasteiger partial charge is 0.479 e. The molecule has 2 aromatic carbocycles. The molecule has 0 N–H and O–H groups in total. The van der Waals surface area contributed by atoms with Crippen LogP contribution >= 0.6 is 0 Å². The molecule has 4 heteroatoms. The molecule has 3 nitrogen and oxygen atoms in total. The summed E-state index contributed by atoms with van der Waals surface area (Å²) in [4.78, 5) is 9.21. The zero-order valence-electron chi connectivity index (χ0n) is 17.5. The monoisotopic (exact) mass is 474 g/mol. The zero-order valence-corrected chi connectivity index (χ0v) is 19.1. The predicted octanol–water partition coefficient (Wildman–Crippen LogP) is 6.21. The maximum atomic E-state index is 4.95. The Kier molecular flexibility index (Phi) is 6.27. The molecule has 152 valence electrons. The van der Waals surface area contributed by atoms with Crippen molar-refractivity contribution in [2.45, 2.75) is 34.6 Å². The third-order valence-electron chi connectivity index (χ3n) is 5.27. The molecule has 1 aliphatic heterocycles. The second-order valence-corrected chi connectivity index (χ2v) is 7.62. The van der Waals surface area contributed by atoms with Crippen molar-refractivity contribution in [3.63, 3.8) is 0 Å². The van der Waals surface area contributed by atoms with E-state index in [4.69, 9.17) is 4.98 Å². The molecule has 0 fully saturated rings. The maximum Gasteiger partial charge on any atom is 0.105 e. The number of pyridine rings is 1. The van der Waals surface area contributed by atoms with E-state index in [1.807, 2.05) is 0 Å². The van der Waals surface area contributed by atoms with Crippen LogP contribution in [0.15, 0.2) is 60.9 Å². The molecule has 1 aliphatic rings. The summed E-state index contributed by atoms with van der Waals surface area (Å²) < 4.78 is 0. The van der Waals surface area contributed by atoms with Crippen molar-refractivity contribution < 1.29 is 20.4 Å². The molecule has 0 radical (unpaired) electrons. The first-order valence-electron chi connectivity index (χ1n) is 9.65. The third kappa shape index (κ3) is 4.15. The molecule has 2 heterocycles. The van der Waals surface area contributed by atoms with E-state index in [0.717, 1.165) is 11.5 Å². The number of aromatic nitrogens is 1. The standard InChI is InChI=1S/C25H26N3.Pd/c1-17-14-20(4)25(21(5)15-17)28-13-12-27(16-28)23-11-7-10-22(26-23)24-18(2)8-6-9-19(24)3;/h6-16H,1-5H3;/q-1;. The first-order chi connectivity index (χ1) is 13.4. The van der Waals surface area contributed by atoms with E-state index in [2.05, 4.69) is 112 Å². The average Bonchev–Trinajstić information content (AvgIpc) is 3.11. The average molecular weight is 475 g/mol. The summed E-state index contributed by atoms with van der Waals surface area (Å²) in [5, 5.41) is 0. The molecule has 3 aromatic rings. The molecule has 1 aromatic heterocycles. The molecule has 0 aliphatic carbocycles. The van der Waals surface area contributed by atoms with E-state index in [-0.39, 0.29) is 20.4 Å².